The van der Waals surface area contributed by atoms with Gasteiger partial charge in [-0.2, -0.15) is 13.2 Å². The number of nitrogens with two attached hydrogens (primary N) is 1. The summed E-state index contributed by atoms with van der Waals surface area (Å²) < 4.78 is 44.9. The standard InChI is InChI=1S/C22H30F3NO/c1-2-3-4-5-6-7-8-11-16-27-20-15-14-19(21(26)22(23,24)25)17-12-9-10-13-18(17)20/h9-10,12-15,21H,2-8,11,16,26H2,1H3/t21-/m0/s1. The Morgan fingerprint density at radius 2 is 1.44 bits per heavy atom. The molecule has 0 unspecified atom stereocenters. The first-order valence-electron chi connectivity index (χ1n) is 9.92. The number of halogens is 3. The molecule has 0 aliphatic carbocycles. The number of fused-ring (bicyclic) bond motifs is 1. The number of rotatable bonds is 11. The molecule has 0 bridgehead atoms. The van der Waals surface area contributed by atoms with E-state index in [0.717, 1.165) is 12.8 Å². The van der Waals surface area contributed by atoms with Crippen LogP contribution in [0, 0.1) is 0 Å². The normalized spacial score (nSPS) is 13.1. The van der Waals surface area contributed by atoms with Crippen LogP contribution < -0.4 is 10.5 Å². The molecule has 0 saturated carbocycles. The van der Waals surface area contributed by atoms with Crippen molar-refractivity contribution in [3.8, 4) is 5.75 Å². The molecule has 0 spiro atoms. The number of hydrogen-bond donors (Lipinski definition) is 1. The lowest BCUT2D eigenvalue weighted by Gasteiger charge is -2.19. The van der Waals surface area contributed by atoms with E-state index in [1.165, 1.54) is 44.6 Å². The lowest BCUT2D eigenvalue weighted by molar-refractivity contribution is -0.148. The van der Waals surface area contributed by atoms with Crippen LogP contribution in [-0.2, 0) is 0 Å². The van der Waals surface area contributed by atoms with E-state index in [0.29, 0.717) is 23.1 Å². The number of hydrogen-bond acceptors (Lipinski definition) is 2. The minimum atomic E-state index is -4.47. The van der Waals surface area contributed by atoms with Gasteiger partial charge in [0.15, 0.2) is 0 Å². The Balaban J connectivity index is 1.92. The third kappa shape index (κ3) is 6.42. The maximum Gasteiger partial charge on any atom is 0.407 e. The molecule has 1 atom stereocenters. The quantitative estimate of drug-likeness (QED) is 0.429. The minimum absolute atomic E-state index is 0.0810. The molecule has 2 rings (SSSR count). The van der Waals surface area contributed by atoms with E-state index in [1.54, 1.807) is 30.3 Å². The van der Waals surface area contributed by atoms with Gasteiger partial charge in [-0.15, -0.1) is 0 Å². The Bertz CT molecular complexity index is 700. The lowest BCUT2D eigenvalue weighted by Crippen LogP contribution is -2.28. The van der Waals surface area contributed by atoms with Gasteiger partial charge >= 0.3 is 6.18 Å². The zero-order chi connectivity index (χ0) is 19.7. The molecule has 2 aromatic rings. The van der Waals surface area contributed by atoms with Gasteiger partial charge < -0.3 is 10.5 Å². The molecule has 0 aliphatic heterocycles. The van der Waals surface area contributed by atoms with Crippen LogP contribution in [0.5, 0.6) is 5.75 Å². The molecule has 0 aliphatic rings. The molecule has 5 heteroatoms. The second-order valence-electron chi connectivity index (χ2n) is 7.04. The highest BCUT2D eigenvalue weighted by Crippen LogP contribution is 2.37. The molecule has 2 N–H and O–H groups in total. The van der Waals surface area contributed by atoms with E-state index in [-0.39, 0.29) is 5.56 Å². The van der Waals surface area contributed by atoms with E-state index in [2.05, 4.69) is 6.92 Å². The van der Waals surface area contributed by atoms with Crippen molar-refractivity contribution in [2.75, 3.05) is 6.61 Å². The van der Waals surface area contributed by atoms with Crippen LogP contribution in [-0.4, -0.2) is 12.8 Å². The fourth-order valence-corrected chi connectivity index (χ4v) is 3.29. The molecule has 0 aromatic heterocycles. The SMILES string of the molecule is CCCCCCCCCCOc1ccc([C@H](N)C(F)(F)F)c2ccccc12. The fraction of sp³-hybridized carbons (Fsp3) is 0.545. The van der Waals surface area contributed by atoms with Gasteiger partial charge in [0, 0.05) is 5.39 Å². The number of unbranched alkanes of at least 4 members (excludes halogenated alkanes) is 7. The second-order valence-corrected chi connectivity index (χ2v) is 7.04. The smallest absolute Gasteiger partial charge is 0.407 e. The van der Waals surface area contributed by atoms with E-state index in [9.17, 15) is 13.2 Å². The van der Waals surface area contributed by atoms with E-state index >= 15 is 0 Å². The van der Waals surface area contributed by atoms with E-state index in [1.807, 2.05) is 0 Å². The van der Waals surface area contributed by atoms with Crippen LogP contribution in [0.2, 0.25) is 0 Å². The Morgan fingerprint density at radius 1 is 0.852 bits per heavy atom. The Morgan fingerprint density at radius 3 is 2.07 bits per heavy atom. The number of benzene rings is 2. The second kappa shape index (κ2) is 10.5. The van der Waals surface area contributed by atoms with Crippen molar-refractivity contribution in [3.05, 3.63) is 42.0 Å². The number of ether oxygens (including phenoxy) is 1. The Labute approximate surface area is 159 Å². The summed E-state index contributed by atoms with van der Waals surface area (Å²) >= 11 is 0. The largest absolute Gasteiger partial charge is 0.493 e. The first-order valence-corrected chi connectivity index (χ1v) is 9.92. The summed E-state index contributed by atoms with van der Waals surface area (Å²) in [5, 5.41) is 1.17. The molecule has 0 radical (unpaired) electrons. The van der Waals surface area contributed by atoms with Gasteiger partial charge in [-0.1, -0.05) is 82.2 Å². The number of alkyl halides is 3. The Kier molecular flexibility index (Phi) is 8.42. The minimum Gasteiger partial charge on any atom is -0.493 e. The molecule has 0 saturated heterocycles. The maximum absolute atomic E-state index is 13.0. The Hall–Kier alpha value is -1.75. The third-order valence-corrected chi connectivity index (χ3v) is 4.86. The van der Waals surface area contributed by atoms with Crippen molar-refractivity contribution in [1.82, 2.24) is 0 Å². The summed E-state index contributed by atoms with van der Waals surface area (Å²) in [6.07, 6.45) is 5.22. The highest BCUT2D eigenvalue weighted by molar-refractivity contribution is 5.91. The summed E-state index contributed by atoms with van der Waals surface area (Å²) in [5.74, 6) is 0.617. The molecular formula is C22H30F3NO. The van der Waals surface area contributed by atoms with Gasteiger partial charge in [-0.05, 0) is 23.4 Å². The monoisotopic (exact) mass is 381 g/mol. The van der Waals surface area contributed by atoms with Crippen LogP contribution in [0.3, 0.4) is 0 Å². The average molecular weight is 381 g/mol. The summed E-state index contributed by atoms with van der Waals surface area (Å²) in [6, 6.07) is 8.01. The summed E-state index contributed by atoms with van der Waals surface area (Å²) in [4.78, 5) is 0. The summed E-state index contributed by atoms with van der Waals surface area (Å²) in [5.41, 5.74) is 5.50. The van der Waals surface area contributed by atoms with E-state index < -0.39 is 12.2 Å². The molecule has 2 aromatic carbocycles. The van der Waals surface area contributed by atoms with E-state index in [4.69, 9.17) is 10.5 Å². The summed E-state index contributed by atoms with van der Waals surface area (Å²) in [7, 11) is 0. The van der Waals surface area contributed by atoms with Crippen LogP contribution in [0.1, 0.15) is 69.9 Å². The highest BCUT2D eigenvalue weighted by atomic mass is 19.4. The van der Waals surface area contributed by atoms with Gasteiger partial charge in [0.05, 0.1) is 6.61 Å². The first kappa shape index (κ1) is 21.5. The van der Waals surface area contributed by atoms with Gasteiger partial charge in [0.25, 0.3) is 0 Å². The van der Waals surface area contributed by atoms with Gasteiger partial charge in [0.1, 0.15) is 11.8 Å². The molecule has 0 fully saturated rings. The van der Waals surface area contributed by atoms with Gasteiger partial charge in [0.2, 0.25) is 0 Å². The topological polar surface area (TPSA) is 35.2 Å². The fourth-order valence-electron chi connectivity index (χ4n) is 3.29. The zero-order valence-electron chi connectivity index (χ0n) is 16.0. The van der Waals surface area contributed by atoms with Crippen LogP contribution >= 0.6 is 0 Å². The predicted octanol–water partition coefficient (Wildman–Crippen LogP) is 6.92. The molecule has 2 nitrogen and oxygen atoms in total. The van der Waals surface area contributed by atoms with Gasteiger partial charge in [-0.25, -0.2) is 0 Å². The first-order chi connectivity index (χ1) is 12.9. The molecule has 0 heterocycles. The highest BCUT2D eigenvalue weighted by Gasteiger charge is 2.38. The van der Waals surface area contributed by atoms with Crippen molar-refractivity contribution in [1.29, 1.82) is 0 Å². The third-order valence-electron chi connectivity index (χ3n) is 4.86. The van der Waals surface area contributed by atoms with Crippen LogP contribution in [0.25, 0.3) is 10.8 Å². The van der Waals surface area contributed by atoms with Crippen molar-refractivity contribution < 1.29 is 17.9 Å². The van der Waals surface area contributed by atoms with Crippen LogP contribution in [0.15, 0.2) is 36.4 Å². The molecule has 0 amide bonds. The summed E-state index contributed by atoms with van der Waals surface area (Å²) in [6.45, 7) is 2.79. The maximum atomic E-state index is 13.0. The van der Waals surface area contributed by atoms with Crippen molar-refractivity contribution >= 4 is 10.8 Å². The van der Waals surface area contributed by atoms with Crippen molar-refractivity contribution in [3.63, 3.8) is 0 Å². The molecule has 27 heavy (non-hydrogen) atoms. The van der Waals surface area contributed by atoms with Crippen LogP contribution in [0.4, 0.5) is 13.2 Å². The average Bonchev–Trinajstić information content (AvgIpc) is 2.65. The molecular weight excluding hydrogens is 351 g/mol. The van der Waals surface area contributed by atoms with Crippen molar-refractivity contribution in [2.45, 2.75) is 70.5 Å². The zero-order valence-corrected chi connectivity index (χ0v) is 16.0. The predicted molar refractivity (Wildman–Crippen MR) is 105 cm³/mol. The lowest BCUT2D eigenvalue weighted by atomic mass is 9.98. The van der Waals surface area contributed by atoms with Crippen molar-refractivity contribution in [2.24, 2.45) is 5.73 Å². The van der Waals surface area contributed by atoms with Gasteiger partial charge in [-0.3, -0.25) is 0 Å². The molecule has 150 valence electrons.